The molecular weight excluding hydrogens is 296 g/mol. The Kier molecular flexibility index (Phi) is 7.36. The zero-order chi connectivity index (χ0) is 15.9. The molecule has 0 aliphatic carbocycles. The van der Waals surface area contributed by atoms with Gasteiger partial charge in [-0.3, -0.25) is 0 Å². The Morgan fingerprint density at radius 3 is 2.76 bits per heavy atom. The van der Waals surface area contributed by atoms with Crippen molar-refractivity contribution in [1.29, 1.82) is 0 Å². The third-order valence-corrected chi connectivity index (χ3v) is 5.81. The number of hydrogen-bond acceptors (Lipinski definition) is 5. The fourth-order valence-corrected chi connectivity index (χ4v) is 4.23. The smallest absolute Gasteiger partial charge is 0.282 e. The first-order valence-corrected chi connectivity index (χ1v) is 8.55. The fraction of sp³-hybridized carbons (Fsp3) is 0.917. The molecule has 0 amide bonds. The maximum Gasteiger partial charge on any atom is 0.282 e. The van der Waals surface area contributed by atoms with Gasteiger partial charge in [-0.25, -0.2) is 0 Å². The van der Waals surface area contributed by atoms with E-state index in [-0.39, 0.29) is 31.4 Å². The molecular formula is C12H26N4O4S. The number of oxime groups is 1. The molecule has 3 N–H and O–H groups in total. The predicted octanol–water partition coefficient (Wildman–Crippen LogP) is 0.191. The van der Waals surface area contributed by atoms with Crippen LogP contribution < -0.4 is 5.73 Å². The van der Waals surface area contributed by atoms with E-state index < -0.39 is 10.2 Å². The van der Waals surface area contributed by atoms with Crippen LogP contribution in [0.1, 0.15) is 32.6 Å². The molecule has 0 aromatic carbocycles. The molecule has 21 heavy (non-hydrogen) atoms. The molecule has 1 unspecified atom stereocenters. The molecule has 1 rings (SSSR count). The van der Waals surface area contributed by atoms with Gasteiger partial charge in [-0.05, 0) is 19.8 Å². The lowest BCUT2D eigenvalue weighted by Crippen LogP contribution is -2.51. The van der Waals surface area contributed by atoms with E-state index in [1.165, 1.54) is 11.4 Å². The van der Waals surface area contributed by atoms with Gasteiger partial charge in [-0.15, -0.1) is 0 Å². The van der Waals surface area contributed by atoms with E-state index in [1.807, 2.05) is 6.92 Å². The first kappa shape index (κ1) is 18.1. The van der Waals surface area contributed by atoms with Crippen LogP contribution in [0.5, 0.6) is 0 Å². The zero-order valence-corrected chi connectivity index (χ0v) is 13.5. The Labute approximate surface area is 126 Å². The Morgan fingerprint density at radius 2 is 2.19 bits per heavy atom. The molecule has 0 bridgehead atoms. The zero-order valence-electron chi connectivity index (χ0n) is 12.7. The summed E-state index contributed by atoms with van der Waals surface area (Å²) < 4.78 is 33.4. The highest BCUT2D eigenvalue weighted by Gasteiger charge is 2.34. The highest BCUT2D eigenvalue weighted by Crippen LogP contribution is 2.22. The van der Waals surface area contributed by atoms with Crippen LogP contribution in [0.3, 0.4) is 0 Å². The van der Waals surface area contributed by atoms with E-state index in [0.29, 0.717) is 13.2 Å². The Balaban J connectivity index is 2.82. The molecule has 9 heteroatoms. The lowest BCUT2D eigenvalue weighted by molar-refractivity contribution is 0.172. The van der Waals surface area contributed by atoms with Crippen molar-refractivity contribution in [3.63, 3.8) is 0 Å². The Morgan fingerprint density at radius 1 is 1.48 bits per heavy atom. The maximum absolute atomic E-state index is 12.8. The van der Waals surface area contributed by atoms with Gasteiger partial charge in [0, 0.05) is 39.2 Å². The summed E-state index contributed by atoms with van der Waals surface area (Å²) in [7, 11) is -2.03. The van der Waals surface area contributed by atoms with Crippen LogP contribution in [0.25, 0.3) is 0 Å². The van der Waals surface area contributed by atoms with E-state index in [1.54, 1.807) is 4.31 Å². The molecule has 1 heterocycles. The summed E-state index contributed by atoms with van der Waals surface area (Å²) in [4.78, 5) is 0. The summed E-state index contributed by atoms with van der Waals surface area (Å²) in [6.45, 7) is 3.19. The Hall–Kier alpha value is -0.900. The molecule has 1 saturated heterocycles. The topological polar surface area (TPSA) is 108 Å². The number of nitrogens with two attached hydrogens (primary N) is 1. The van der Waals surface area contributed by atoms with Gasteiger partial charge in [0.2, 0.25) is 0 Å². The van der Waals surface area contributed by atoms with Crippen molar-refractivity contribution < 1.29 is 18.4 Å². The quantitative estimate of drug-likeness (QED) is 0.287. The van der Waals surface area contributed by atoms with Gasteiger partial charge in [0.15, 0.2) is 0 Å². The van der Waals surface area contributed by atoms with Crippen LogP contribution in [0.4, 0.5) is 0 Å². The van der Waals surface area contributed by atoms with Crippen LogP contribution >= 0.6 is 0 Å². The predicted molar refractivity (Wildman–Crippen MR) is 80.4 cm³/mol. The number of ether oxygens (including phenoxy) is 1. The summed E-state index contributed by atoms with van der Waals surface area (Å²) >= 11 is 0. The molecule has 1 aliphatic heterocycles. The summed E-state index contributed by atoms with van der Waals surface area (Å²) in [6.07, 6.45) is 2.98. The van der Waals surface area contributed by atoms with Crippen molar-refractivity contribution in [2.24, 2.45) is 10.9 Å². The molecule has 0 spiro atoms. The summed E-state index contributed by atoms with van der Waals surface area (Å²) in [5.41, 5.74) is 5.43. The van der Waals surface area contributed by atoms with E-state index in [0.717, 1.165) is 19.3 Å². The van der Waals surface area contributed by atoms with E-state index >= 15 is 0 Å². The van der Waals surface area contributed by atoms with E-state index in [4.69, 9.17) is 15.7 Å². The number of amidine groups is 1. The van der Waals surface area contributed by atoms with Gasteiger partial charge < -0.3 is 15.7 Å². The largest absolute Gasteiger partial charge is 0.409 e. The molecule has 0 aromatic rings. The fourth-order valence-electron chi connectivity index (χ4n) is 2.39. The molecule has 1 aliphatic rings. The average Bonchev–Trinajstić information content (AvgIpc) is 2.46. The molecule has 0 saturated carbocycles. The molecule has 1 atom stereocenters. The highest BCUT2D eigenvalue weighted by atomic mass is 32.2. The van der Waals surface area contributed by atoms with E-state index in [2.05, 4.69) is 5.16 Å². The first-order chi connectivity index (χ1) is 9.93. The summed E-state index contributed by atoms with van der Waals surface area (Å²) in [5, 5.41) is 11.5. The van der Waals surface area contributed by atoms with Crippen LogP contribution in [0, 0.1) is 0 Å². The summed E-state index contributed by atoms with van der Waals surface area (Å²) in [6, 6.07) is -0.00218. The lowest BCUT2D eigenvalue weighted by Gasteiger charge is -2.36. The van der Waals surface area contributed by atoms with Gasteiger partial charge in [0.05, 0.1) is 6.61 Å². The van der Waals surface area contributed by atoms with Gasteiger partial charge in [0.1, 0.15) is 5.84 Å². The van der Waals surface area contributed by atoms with Crippen LogP contribution in [-0.2, 0) is 14.9 Å². The van der Waals surface area contributed by atoms with E-state index in [9.17, 15) is 8.42 Å². The second kappa shape index (κ2) is 8.52. The molecule has 0 radical (unpaired) electrons. The maximum atomic E-state index is 12.8. The van der Waals surface area contributed by atoms with Crippen molar-refractivity contribution in [3.8, 4) is 0 Å². The second-order valence-electron chi connectivity index (χ2n) is 5.20. The van der Waals surface area contributed by atoms with Crippen molar-refractivity contribution in [2.75, 3.05) is 33.4 Å². The van der Waals surface area contributed by atoms with Crippen molar-refractivity contribution in [1.82, 2.24) is 8.61 Å². The van der Waals surface area contributed by atoms with Gasteiger partial charge >= 0.3 is 0 Å². The SMILES string of the molecule is COCCN(CCC(N)=NO)S(=O)(=O)N1CCCCC1C. The monoisotopic (exact) mass is 322 g/mol. The molecule has 1 fully saturated rings. The summed E-state index contributed by atoms with van der Waals surface area (Å²) in [5.74, 6) is 0.0132. The standard InChI is InChI=1S/C12H26N4O4S/c1-11-5-3-4-7-16(11)21(18,19)15(9-10-20-2)8-6-12(13)14-17/h11,17H,3-10H2,1-2H3,(H2,13,14). The molecule has 8 nitrogen and oxygen atoms in total. The third kappa shape index (κ3) is 5.10. The van der Waals surface area contributed by atoms with Crippen LogP contribution in [0.2, 0.25) is 0 Å². The minimum atomic E-state index is -3.55. The number of nitrogens with zero attached hydrogens (tertiary/aromatic N) is 3. The van der Waals surface area contributed by atoms with Crippen molar-refractivity contribution in [2.45, 2.75) is 38.6 Å². The average molecular weight is 322 g/mol. The normalized spacial score (nSPS) is 21.9. The molecule has 124 valence electrons. The minimum absolute atomic E-state index is 0.00218. The minimum Gasteiger partial charge on any atom is -0.409 e. The van der Waals surface area contributed by atoms with Gasteiger partial charge in [-0.1, -0.05) is 11.6 Å². The number of piperidine rings is 1. The highest BCUT2D eigenvalue weighted by molar-refractivity contribution is 7.86. The number of hydrogen-bond donors (Lipinski definition) is 2. The van der Waals surface area contributed by atoms with Gasteiger partial charge in [0.25, 0.3) is 10.2 Å². The Bertz CT molecular complexity index is 441. The first-order valence-electron chi connectivity index (χ1n) is 7.15. The third-order valence-electron chi connectivity index (χ3n) is 3.66. The van der Waals surface area contributed by atoms with Crippen LogP contribution in [-0.4, -0.2) is 67.5 Å². The van der Waals surface area contributed by atoms with Crippen molar-refractivity contribution in [3.05, 3.63) is 0 Å². The lowest BCUT2D eigenvalue weighted by atomic mass is 10.1. The molecule has 0 aromatic heterocycles. The second-order valence-corrected chi connectivity index (χ2v) is 7.08. The van der Waals surface area contributed by atoms with Crippen molar-refractivity contribution >= 4 is 16.0 Å². The number of rotatable bonds is 8. The number of methoxy groups -OCH3 is 1. The van der Waals surface area contributed by atoms with Crippen LogP contribution in [0.15, 0.2) is 5.16 Å². The van der Waals surface area contributed by atoms with Gasteiger partial charge in [-0.2, -0.15) is 17.0 Å².